The van der Waals surface area contributed by atoms with Crippen LogP contribution in [-0.4, -0.2) is 14.5 Å². The zero-order valence-electron chi connectivity index (χ0n) is 13.7. The first-order chi connectivity index (χ1) is 11.9. The van der Waals surface area contributed by atoms with Gasteiger partial charge in [0, 0.05) is 24.5 Å². The molecule has 2 heterocycles. The molecule has 3 heteroatoms. The van der Waals surface area contributed by atoms with Crippen LogP contribution >= 0.6 is 0 Å². The molecule has 0 bridgehead atoms. The lowest BCUT2D eigenvalue weighted by Crippen LogP contribution is -2.03. The molecule has 0 spiro atoms. The molecule has 0 unspecified atom stereocenters. The Morgan fingerprint density at radius 2 is 1.50 bits per heavy atom. The number of fused-ring (bicyclic) bond motifs is 1. The van der Waals surface area contributed by atoms with Gasteiger partial charge in [-0.05, 0) is 17.5 Å². The maximum absolute atomic E-state index is 4.63. The average molecular weight is 313 g/mol. The van der Waals surface area contributed by atoms with E-state index in [0.29, 0.717) is 0 Å². The summed E-state index contributed by atoms with van der Waals surface area (Å²) in [5, 5.41) is 0. The molecule has 0 radical (unpaired) electrons. The molecule has 0 aliphatic carbocycles. The van der Waals surface area contributed by atoms with Crippen LogP contribution in [0.5, 0.6) is 0 Å². The minimum absolute atomic E-state index is 0.792. The fraction of sp³-hybridized carbons (Fsp3) is 0.143. The van der Waals surface area contributed by atoms with Gasteiger partial charge in [0.25, 0.3) is 0 Å². The summed E-state index contributed by atoms with van der Waals surface area (Å²) in [5.41, 5.74) is 6.93. The Kier molecular flexibility index (Phi) is 3.83. The summed E-state index contributed by atoms with van der Waals surface area (Å²) in [5.74, 6) is 0. The van der Waals surface area contributed by atoms with E-state index in [-0.39, 0.29) is 0 Å². The van der Waals surface area contributed by atoms with Crippen molar-refractivity contribution in [3.05, 3.63) is 84.2 Å². The second kappa shape index (κ2) is 6.28. The van der Waals surface area contributed by atoms with Gasteiger partial charge in [-0.25, -0.2) is 4.98 Å². The number of rotatable bonds is 4. The van der Waals surface area contributed by atoms with Gasteiger partial charge in [0.2, 0.25) is 0 Å². The van der Waals surface area contributed by atoms with Crippen molar-refractivity contribution in [1.29, 1.82) is 0 Å². The van der Waals surface area contributed by atoms with Crippen LogP contribution in [0.25, 0.3) is 22.4 Å². The second-order valence-corrected chi connectivity index (χ2v) is 5.85. The van der Waals surface area contributed by atoms with E-state index in [4.69, 9.17) is 0 Å². The zero-order valence-corrected chi connectivity index (χ0v) is 13.7. The molecule has 0 aliphatic heterocycles. The van der Waals surface area contributed by atoms with Crippen molar-refractivity contribution in [3.8, 4) is 11.3 Å². The number of aromatic nitrogens is 3. The Hall–Kier alpha value is -2.94. The summed E-state index contributed by atoms with van der Waals surface area (Å²) < 4.78 is 2.30. The Balaban J connectivity index is 1.99. The monoisotopic (exact) mass is 313 g/mol. The van der Waals surface area contributed by atoms with Crippen LogP contribution in [0.4, 0.5) is 0 Å². The molecule has 4 aromatic rings. The highest BCUT2D eigenvalue weighted by Gasteiger charge is 2.19. The molecule has 0 saturated carbocycles. The van der Waals surface area contributed by atoms with Crippen molar-refractivity contribution >= 4 is 11.2 Å². The predicted octanol–water partition coefficient (Wildman–Crippen LogP) is 4.71. The van der Waals surface area contributed by atoms with Gasteiger partial charge in [-0.15, -0.1) is 0 Å². The maximum atomic E-state index is 4.63. The molecule has 0 atom stereocenters. The summed E-state index contributed by atoms with van der Waals surface area (Å²) >= 11 is 0. The standard InChI is InChI=1S/C21H19N3/c1-2-18-19-21(23-14-13-22-19)24(15-16-9-5-3-6-10-16)20(18)17-11-7-4-8-12-17/h3-14H,2,15H2,1H3. The summed E-state index contributed by atoms with van der Waals surface area (Å²) in [7, 11) is 0. The number of nitrogens with zero attached hydrogens (tertiary/aromatic N) is 3. The highest BCUT2D eigenvalue weighted by molar-refractivity contribution is 5.86. The van der Waals surface area contributed by atoms with E-state index >= 15 is 0 Å². The number of benzene rings is 2. The van der Waals surface area contributed by atoms with Crippen LogP contribution in [0, 0.1) is 0 Å². The van der Waals surface area contributed by atoms with Crippen LogP contribution in [0.15, 0.2) is 73.1 Å². The summed E-state index contributed by atoms with van der Waals surface area (Å²) in [6.45, 7) is 2.98. The van der Waals surface area contributed by atoms with Gasteiger partial charge in [0.1, 0.15) is 5.52 Å². The SMILES string of the molecule is CCc1c(-c2ccccc2)n(Cc2ccccc2)c2nccnc12. The molecular weight excluding hydrogens is 294 g/mol. The minimum Gasteiger partial charge on any atom is -0.319 e. The van der Waals surface area contributed by atoms with Crippen LogP contribution in [-0.2, 0) is 13.0 Å². The van der Waals surface area contributed by atoms with Crippen molar-refractivity contribution in [2.75, 3.05) is 0 Å². The molecule has 0 N–H and O–H groups in total. The van der Waals surface area contributed by atoms with Gasteiger partial charge < -0.3 is 4.57 Å². The van der Waals surface area contributed by atoms with Crippen molar-refractivity contribution in [2.24, 2.45) is 0 Å². The Morgan fingerprint density at radius 3 is 2.21 bits per heavy atom. The van der Waals surface area contributed by atoms with E-state index in [1.807, 2.05) is 6.07 Å². The topological polar surface area (TPSA) is 30.7 Å². The molecule has 0 fully saturated rings. The Bertz CT molecular complexity index is 956. The predicted molar refractivity (Wildman–Crippen MR) is 97.9 cm³/mol. The lowest BCUT2D eigenvalue weighted by atomic mass is 10.1. The number of hydrogen-bond donors (Lipinski definition) is 0. The van der Waals surface area contributed by atoms with Gasteiger partial charge in [-0.3, -0.25) is 4.98 Å². The smallest absolute Gasteiger partial charge is 0.159 e. The third kappa shape index (κ3) is 2.48. The van der Waals surface area contributed by atoms with E-state index in [2.05, 4.69) is 76.1 Å². The van der Waals surface area contributed by atoms with Gasteiger partial charge in [-0.2, -0.15) is 0 Å². The van der Waals surface area contributed by atoms with Crippen LogP contribution in [0.2, 0.25) is 0 Å². The molecular formula is C21H19N3. The van der Waals surface area contributed by atoms with Crippen molar-refractivity contribution in [2.45, 2.75) is 19.9 Å². The first kappa shape index (κ1) is 14.6. The van der Waals surface area contributed by atoms with Crippen LogP contribution in [0.1, 0.15) is 18.1 Å². The molecule has 2 aromatic heterocycles. The first-order valence-corrected chi connectivity index (χ1v) is 8.30. The molecule has 0 amide bonds. The number of hydrogen-bond acceptors (Lipinski definition) is 2. The maximum Gasteiger partial charge on any atom is 0.159 e. The first-order valence-electron chi connectivity index (χ1n) is 8.30. The fourth-order valence-electron chi connectivity index (χ4n) is 3.30. The second-order valence-electron chi connectivity index (χ2n) is 5.85. The normalized spacial score (nSPS) is 11.0. The molecule has 4 rings (SSSR count). The quantitative estimate of drug-likeness (QED) is 0.546. The van der Waals surface area contributed by atoms with E-state index < -0.39 is 0 Å². The zero-order chi connectivity index (χ0) is 16.4. The van der Waals surface area contributed by atoms with Crippen molar-refractivity contribution in [3.63, 3.8) is 0 Å². The van der Waals surface area contributed by atoms with Gasteiger partial charge in [-0.1, -0.05) is 67.6 Å². The molecule has 0 aliphatic rings. The minimum atomic E-state index is 0.792. The number of aryl methyl sites for hydroxylation is 1. The lowest BCUT2D eigenvalue weighted by molar-refractivity contribution is 0.828. The third-order valence-corrected chi connectivity index (χ3v) is 4.36. The molecule has 2 aromatic carbocycles. The van der Waals surface area contributed by atoms with Gasteiger partial charge >= 0.3 is 0 Å². The molecule has 0 saturated heterocycles. The summed E-state index contributed by atoms with van der Waals surface area (Å²) in [4.78, 5) is 9.25. The fourth-order valence-corrected chi connectivity index (χ4v) is 3.30. The largest absolute Gasteiger partial charge is 0.319 e. The Labute approximate surface area is 141 Å². The summed E-state index contributed by atoms with van der Waals surface area (Å²) in [6, 6.07) is 21.1. The highest BCUT2D eigenvalue weighted by Crippen LogP contribution is 2.32. The molecule has 118 valence electrons. The van der Waals surface area contributed by atoms with E-state index in [9.17, 15) is 0 Å². The summed E-state index contributed by atoms with van der Waals surface area (Å²) in [6.07, 6.45) is 4.49. The highest BCUT2D eigenvalue weighted by atomic mass is 15.1. The van der Waals surface area contributed by atoms with Gasteiger partial charge in [0.15, 0.2) is 5.65 Å². The van der Waals surface area contributed by atoms with E-state index in [0.717, 1.165) is 24.1 Å². The molecule has 3 nitrogen and oxygen atoms in total. The van der Waals surface area contributed by atoms with Crippen LogP contribution < -0.4 is 0 Å². The third-order valence-electron chi connectivity index (χ3n) is 4.36. The van der Waals surface area contributed by atoms with Crippen molar-refractivity contribution in [1.82, 2.24) is 14.5 Å². The lowest BCUT2D eigenvalue weighted by Gasteiger charge is -2.12. The average Bonchev–Trinajstić information content (AvgIpc) is 2.97. The van der Waals surface area contributed by atoms with Crippen molar-refractivity contribution < 1.29 is 0 Å². The van der Waals surface area contributed by atoms with Gasteiger partial charge in [0.05, 0.1) is 5.69 Å². The van der Waals surface area contributed by atoms with E-state index in [1.165, 1.54) is 22.4 Å². The van der Waals surface area contributed by atoms with Crippen LogP contribution in [0.3, 0.4) is 0 Å². The van der Waals surface area contributed by atoms with E-state index in [1.54, 1.807) is 12.4 Å². The molecule has 24 heavy (non-hydrogen) atoms. The Morgan fingerprint density at radius 1 is 0.833 bits per heavy atom.